The number of ether oxygens (including phenoxy) is 1. The van der Waals surface area contributed by atoms with Gasteiger partial charge in [0, 0.05) is 25.0 Å². The minimum absolute atomic E-state index is 0.0888. The van der Waals surface area contributed by atoms with Gasteiger partial charge in [0.15, 0.2) is 0 Å². The van der Waals surface area contributed by atoms with E-state index in [1.165, 1.54) is 18.3 Å². The molecule has 1 aliphatic heterocycles. The third kappa shape index (κ3) is 4.30. The van der Waals surface area contributed by atoms with Gasteiger partial charge >= 0.3 is 0 Å². The number of nitrogens with zero attached hydrogens (tertiary/aromatic N) is 4. The highest BCUT2D eigenvalue weighted by atomic mass is 79.9. The molecule has 1 fully saturated rings. The lowest BCUT2D eigenvalue weighted by Crippen LogP contribution is -2.29. The SMILES string of the molecule is Cc1c(C=Nc2c(Br)cc([N+](=O)[O-])cc2Br)c(O)n(CC2CCCO2)c(=O)c1C#N. The molecule has 2 aromatic rings. The molecule has 1 saturated heterocycles. The molecule has 1 N–H and O–H groups in total. The third-order valence-electron chi connectivity index (χ3n) is 4.79. The van der Waals surface area contributed by atoms with E-state index in [1.54, 1.807) is 6.92 Å². The second-order valence-corrected chi connectivity index (χ2v) is 8.38. The molecular weight excluding hydrogens is 524 g/mol. The van der Waals surface area contributed by atoms with Gasteiger partial charge in [0.05, 0.1) is 37.8 Å². The number of benzene rings is 1. The first kappa shape index (κ1) is 22.1. The predicted molar refractivity (Wildman–Crippen MR) is 117 cm³/mol. The lowest BCUT2D eigenvalue weighted by atomic mass is 10.1. The van der Waals surface area contributed by atoms with Gasteiger partial charge in [0.1, 0.15) is 11.6 Å². The molecule has 1 aromatic carbocycles. The van der Waals surface area contributed by atoms with Crippen molar-refractivity contribution >= 4 is 49.4 Å². The molecule has 0 aliphatic carbocycles. The molecule has 0 amide bonds. The molecule has 1 atom stereocenters. The van der Waals surface area contributed by atoms with Crippen LogP contribution in [-0.4, -0.2) is 33.5 Å². The van der Waals surface area contributed by atoms with E-state index in [4.69, 9.17) is 4.74 Å². The number of nitro groups is 1. The van der Waals surface area contributed by atoms with E-state index >= 15 is 0 Å². The van der Waals surface area contributed by atoms with E-state index in [1.807, 2.05) is 6.07 Å². The van der Waals surface area contributed by atoms with Crippen molar-refractivity contribution in [2.45, 2.75) is 32.4 Å². The van der Waals surface area contributed by atoms with Gasteiger partial charge in [-0.15, -0.1) is 0 Å². The average Bonchev–Trinajstić information content (AvgIpc) is 3.20. The van der Waals surface area contributed by atoms with Gasteiger partial charge < -0.3 is 9.84 Å². The van der Waals surface area contributed by atoms with E-state index in [0.29, 0.717) is 26.8 Å². The molecule has 1 aromatic heterocycles. The van der Waals surface area contributed by atoms with Crippen molar-refractivity contribution in [3.63, 3.8) is 0 Å². The zero-order chi connectivity index (χ0) is 22.0. The Bertz CT molecular complexity index is 1120. The molecule has 156 valence electrons. The number of aromatic hydroxyl groups is 1. The monoisotopic (exact) mass is 538 g/mol. The summed E-state index contributed by atoms with van der Waals surface area (Å²) < 4.78 is 7.41. The smallest absolute Gasteiger partial charge is 0.271 e. The highest BCUT2D eigenvalue weighted by Crippen LogP contribution is 2.37. The van der Waals surface area contributed by atoms with Gasteiger partial charge in [-0.25, -0.2) is 0 Å². The molecule has 30 heavy (non-hydrogen) atoms. The normalized spacial score (nSPS) is 16.1. The Morgan fingerprint density at radius 3 is 2.67 bits per heavy atom. The van der Waals surface area contributed by atoms with Gasteiger partial charge in [-0.2, -0.15) is 5.26 Å². The van der Waals surface area contributed by atoms with Crippen molar-refractivity contribution in [1.82, 2.24) is 4.57 Å². The van der Waals surface area contributed by atoms with E-state index in [-0.39, 0.29) is 35.3 Å². The van der Waals surface area contributed by atoms with Crippen molar-refractivity contribution in [1.29, 1.82) is 5.26 Å². The zero-order valence-corrected chi connectivity index (χ0v) is 18.9. The second kappa shape index (κ2) is 9.07. The molecule has 11 heteroatoms. The Balaban J connectivity index is 2.09. The number of pyridine rings is 1. The molecule has 1 unspecified atom stereocenters. The van der Waals surface area contributed by atoms with Crippen molar-refractivity contribution in [2.75, 3.05) is 6.61 Å². The molecular formula is C19H16Br2N4O5. The van der Waals surface area contributed by atoms with E-state index in [0.717, 1.165) is 17.4 Å². The number of hydrogen-bond donors (Lipinski definition) is 1. The fourth-order valence-electron chi connectivity index (χ4n) is 3.20. The lowest BCUT2D eigenvalue weighted by molar-refractivity contribution is -0.385. The summed E-state index contributed by atoms with van der Waals surface area (Å²) in [5.41, 5.74) is 0.0631. The number of non-ortho nitro benzene ring substituents is 1. The fourth-order valence-corrected chi connectivity index (χ4v) is 4.56. The van der Waals surface area contributed by atoms with Crippen LogP contribution in [0.2, 0.25) is 0 Å². The Morgan fingerprint density at radius 2 is 2.13 bits per heavy atom. The van der Waals surface area contributed by atoms with Crippen LogP contribution in [0.4, 0.5) is 11.4 Å². The molecule has 9 nitrogen and oxygen atoms in total. The van der Waals surface area contributed by atoms with Crippen LogP contribution in [0.25, 0.3) is 0 Å². The van der Waals surface area contributed by atoms with Crippen molar-refractivity contribution in [2.24, 2.45) is 4.99 Å². The fraction of sp³-hybridized carbons (Fsp3) is 0.316. The van der Waals surface area contributed by atoms with Crippen LogP contribution in [0.5, 0.6) is 5.88 Å². The minimum atomic E-state index is -0.585. The van der Waals surface area contributed by atoms with Crippen LogP contribution < -0.4 is 5.56 Å². The van der Waals surface area contributed by atoms with Crippen LogP contribution in [0.1, 0.15) is 29.5 Å². The summed E-state index contributed by atoms with van der Waals surface area (Å²) in [4.78, 5) is 27.4. The van der Waals surface area contributed by atoms with Crippen molar-refractivity contribution in [3.8, 4) is 11.9 Å². The molecule has 0 saturated carbocycles. The topological polar surface area (TPSA) is 131 Å². The number of aliphatic imine (C=N–C) groups is 1. The number of aromatic nitrogens is 1. The minimum Gasteiger partial charge on any atom is -0.494 e. The van der Waals surface area contributed by atoms with Crippen LogP contribution in [0, 0.1) is 28.4 Å². The number of nitro benzene ring substituents is 1. The summed E-state index contributed by atoms with van der Waals surface area (Å²) in [7, 11) is 0. The summed E-state index contributed by atoms with van der Waals surface area (Å²) >= 11 is 6.51. The quantitative estimate of drug-likeness (QED) is 0.346. The summed E-state index contributed by atoms with van der Waals surface area (Å²) in [5.74, 6) is -0.315. The molecule has 0 bridgehead atoms. The maximum Gasteiger partial charge on any atom is 0.271 e. The Kier molecular flexibility index (Phi) is 6.70. The molecule has 1 aliphatic rings. The average molecular weight is 540 g/mol. The van der Waals surface area contributed by atoms with E-state index in [9.17, 15) is 25.3 Å². The third-order valence-corrected chi connectivity index (χ3v) is 6.00. The standard InChI is InChI=1S/C19H16Br2N4O5/c1-10-13(7-22)18(26)24(9-12-3-2-4-30-12)19(27)14(10)8-23-17-15(20)5-11(25(28)29)6-16(17)21/h5-6,8,12,27H,2-4,9H2,1H3. The van der Waals surface area contributed by atoms with Crippen LogP contribution >= 0.6 is 31.9 Å². The second-order valence-electron chi connectivity index (χ2n) is 6.67. The first-order chi connectivity index (χ1) is 14.2. The Labute approximate surface area is 188 Å². The van der Waals surface area contributed by atoms with Gasteiger partial charge in [0.25, 0.3) is 11.2 Å². The molecule has 0 spiro atoms. The van der Waals surface area contributed by atoms with Crippen LogP contribution in [0.15, 0.2) is 30.9 Å². The lowest BCUT2D eigenvalue weighted by Gasteiger charge is -2.17. The number of hydrogen-bond acceptors (Lipinski definition) is 7. The van der Waals surface area contributed by atoms with Crippen molar-refractivity contribution in [3.05, 3.63) is 58.2 Å². The highest BCUT2D eigenvalue weighted by molar-refractivity contribution is 9.11. The van der Waals surface area contributed by atoms with E-state index < -0.39 is 10.5 Å². The Hall–Kier alpha value is -2.55. The largest absolute Gasteiger partial charge is 0.494 e. The molecule has 2 heterocycles. The van der Waals surface area contributed by atoms with Gasteiger partial charge in [-0.1, -0.05) is 0 Å². The maximum atomic E-state index is 12.7. The number of halogens is 2. The van der Waals surface area contributed by atoms with E-state index in [2.05, 4.69) is 36.9 Å². The van der Waals surface area contributed by atoms with Crippen molar-refractivity contribution < 1.29 is 14.8 Å². The summed E-state index contributed by atoms with van der Waals surface area (Å²) in [6.45, 7) is 2.27. The Morgan fingerprint density at radius 1 is 1.47 bits per heavy atom. The highest BCUT2D eigenvalue weighted by Gasteiger charge is 2.23. The first-order valence-electron chi connectivity index (χ1n) is 8.90. The number of rotatable bonds is 5. The van der Waals surface area contributed by atoms with Crippen LogP contribution in [0.3, 0.4) is 0 Å². The summed E-state index contributed by atoms with van der Waals surface area (Å²) in [5, 5.41) is 31.2. The van der Waals surface area contributed by atoms with Crippen LogP contribution in [-0.2, 0) is 11.3 Å². The predicted octanol–water partition coefficient (Wildman–Crippen LogP) is 4.10. The number of nitriles is 1. The summed E-state index contributed by atoms with van der Waals surface area (Å²) in [6.07, 6.45) is 2.74. The van der Waals surface area contributed by atoms with Gasteiger partial charge in [0.2, 0.25) is 5.88 Å². The summed E-state index contributed by atoms with van der Waals surface area (Å²) in [6, 6.07) is 4.51. The van der Waals surface area contributed by atoms with Gasteiger partial charge in [-0.05, 0) is 57.2 Å². The molecule has 3 rings (SSSR count). The zero-order valence-electron chi connectivity index (χ0n) is 15.8. The molecule has 0 radical (unpaired) electrons. The van der Waals surface area contributed by atoms with Gasteiger partial charge in [-0.3, -0.25) is 24.5 Å². The maximum absolute atomic E-state index is 12.7. The first-order valence-corrected chi connectivity index (χ1v) is 10.5.